The van der Waals surface area contributed by atoms with Gasteiger partial charge >= 0.3 is 0 Å². The fourth-order valence-corrected chi connectivity index (χ4v) is 2.54. The van der Waals surface area contributed by atoms with Gasteiger partial charge in [-0.25, -0.2) is 0 Å². The monoisotopic (exact) mass is 266 g/mol. The van der Waals surface area contributed by atoms with Gasteiger partial charge < -0.3 is 0 Å². The van der Waals surface area contributed by atoms with Gasteiger partial charge in [0.05, 0.1) is 0 Å². The Bertz CT molecular complexity index is 208. The molecular formula is C19H38. The third kappa shape index (κ3) is 8.50. The van der Waals surface area contributed by atoms with Crippen molar-refractivity contribution in [2.24, 2.45) is 17.8 Å². The smallest absolute Gasteiger partial charge is 0.0203 e. The zero-order chi connectivity index (χ0) is 14.7. The number of rotatable bonds is 8. The van der Waals surface area contributed by atoms with E-state index in [2.05, 4.69) is 41.2 Å². The molecule has 0 spiro atoms. The van der Waals surface area contributed by atoms with E-state index in [1.54, 1.807) is 5.57 Å². The van der Waals surface area contributed by atoms with Gasteiger partial charge in [-0.05, 0) is 43.4 Å². The predicted molar refractivity (Wildman–Crippen MR) is 89.5 cm³/mol. The standard InChI is InChI=1S/C15H28.C4H10/c1-5-14(9-6-8-12(2)3)13(4)15-10-7-11-15;1-3-4-2/h12,14-15H,4-11H2,1-3H3;3-4H2,1-2H3. The summed E-state index contributed by atoms with van der Waals surface area (Å²) in [4.78, 5) is 0. The lowest BCUT2D eigenvalue weighted by molar-refractivity contribution is 0.322. The molecule has 1 rings (SSSR count). The van der Waals surface area contributed by atoms with Crippen LogP contribution in [0.3, 0.4) is 0 Å². The summed E-state index contributed by atoms with van der Waals surface area (Å²) in [6.45, 7) is 15.7. The molecule has 0 N–H and O–H groups in total. The molecular weight excluding hydrogens is 228 g/mol. The van der Waals surface area contributed by atoms with Crippen molar-refractivity contribution in [3.63, 3.8) is 0 Å². The SMILES string of the molecule is C=C(C(CC)CCCC(C)C)C1CCC1.CCCC. The van der Waals surface area contributed by atoms with Crippen molar-refractivity contribution in [2.45, 2.75) is 92.4 Å². The molecule has 1 aliphatic rings. The predicted octanol–water partition coefficient (Wildman–Crippen LogP) is 7.00. The fourth-order valence-electron chi connectivity index (χ4n) is 2.54. The topological polar surface area (TPSA) is 0 Å². The Hall–Kier alpha value is -0.260. The van der Waals surface area contributed by atoms with Crippen LogP contribution in [0.4, 0.5) is 0 Å². The van der Waals surface area contributed by atoms with Crippen LogP contribution >= 0.6 is 0 Å². The van der Waals surface area contributed by atoms with Crippen molar-refractivity contribution in [1.82, 2.24) is 0 Å². The summed E-state index contributed by atoms with van der Waals surface area (Å²) in [7, 11) is 0. The first-order chi connectivity index (χ1) is 9.06. The van der Waals surface area contributed by atoms with Crippen molar-refractivity contribution in [1.29, 1.82) is 0 Å². The lowest BCUT2D eigenvalue weighted by Gasteiger charge is -2.32. The Morgan fingerprint density at radius 2 is 1.63 bits per heavy atom. The van der Waals surface area contributed by atoms with Crippen molar-refractivity contribution >= 4 is 0 Å². The third-order valence-corrected chi connectivity index (χ3v) is 4.48. The van der Waals surface area contributed by atoms with Crippen LogP contribution in [0.2, 0.25) is 0 Å². The maximum atomic E-state index is 4.35. The average Bonchev–Trinajstić information content (AvgIpc) is 2.32. The molecule has 1 aliphatic carbocycles. The summed E-state index contributed by atoms with van der Waals surface area (Å²) in [5.41, 5.74) is 1.58. The van der Waals surface area contributed by atoms with Gasteiger partial charge in [0, 0.05) is 0 Å². The molecule has 0 amide bonds. The van der Waals surface area contributed by atoms with Crippen LogP contribution < -0.4 is 0 Å². The average molecular weight is 267 g/mol. The molecule has 0 aromatic rings. The lowest BCUT2D eigenvalue weighted by Crippen LogP contribution is -2.19. The van der Waals surface area contributed by atoms with Crippen LogP contribution in [0.25, 0.3) is 0 Å². The van der Waals surface area contributed by atoms with Crippen molar-refractivity contribution < 1.29 is 0 Å². The van der Waals surface area contributed by atoms with Crippen LogP contribution in [-0.4, -0.2) is 0 Å². The normalized spacial score (nSPS) is 16.5. The maximum Gasteiger partial charge on any atom is -0.0203 e. The van der Waals surface area contributed by atoms with Gasteiger partial charge in [0.15, 0.2) is 0 Å². The number of allylic oxidation sites excluding steroid dienone is 1. The number of unbranched alkanes of at least 4 members (excludes halogenated alkanes) is 1. The van der Waals surface area contributed by atoms with E-state index in [0.29, 0.717) is 0 Å². The second kappa shape index (κ2) is 11.6. The van der Waals surface area contributed by atoms with E-state index in [4.69, 9.17) is 0 Å². The van der Waals surface area contributed by atoms with E-state index < -0.39 is 0 Å². The highest BCUT2D eigenvalue weighted by Gasteiger charge is 2.24. The summed E-state index contributed by atoms with van der Waals surface area (Å²) in [6.07, 6.45) is 12.4. The summed E-state index contributed by atoms with van der Waals surface area (Å²) in [6, 6.07) is 0. The van der Waals surface area contributed by atoms with Crippen molar-refractivity contribution in [2.75, 3.05) is 0 Å². The highest BCUT2D eigenvalue weighted by Crippen LogP contribution is 2.38. The molecule has 0 heteroatoms. The number of hydrogen-bond acceptors (Lipinski definition) is 0. The molecule has 0 nitrogen and oxygen atoms in total. The molecule has 1 fully saturated rings. The maximum absolute atomic E-state index is 4.35. The van der Waals surface area contributed by atoms with Gasteiger partial charge in [0.25, 0.3) is 0 Å². The molecule has 0 heterocycles. The van der Waals surface area contributed by atoms with Gasteiger partial charge in [0.2, 0.25) is 0 Å². The van der Waals surface area contributed by atoms with Gasteiger partial charge in [-0.2, -0.15) is 0 Å². The van der Waals surface area contributed by atoms with E-state index >= 15 is 0 Å². The van der Waals surface area contributed by atoms with Gasteiger partial charge in [-0.15, -0.1) is 0 Å². The molecule has 19 heavy (non-hydrogen) atoms. The molecule has 1 unspecified atom stereocenters. The number of hydrogen-bond donors (Lipinski definition) is 0. The highest BCUT2D eigenvalue weighted by molar-refractivity contribution is 5.08. The summed E-state index contributed by atoms with van der Waals surface area (Å²) < 4.78 is 0. The Morgan fingerprint density at radius 1 is 1.05 bits per heavy atom. The molecule has 0 radical (unpaired) electrons. The van der Waals surface area contributed by atoms with E-state index in [1.807, 2.05) is 0 Å². The first-order valence-electron chi connectivity index (χ1n) is 8.75. The summed E-state index contributed by atoms with van der Waals surface area (Å²) >= 11 is 0. The first kappa shape index (κ1) is 18.7. The van der Waals surface area contributed by atoms with Crippen LogP contribution in [0.15, 0.2) is 12.2 Å². The fraction of sp³-hybridized carbons (Fsp3) is 0.895. The molecule has 114 valence electrons. The molecule has 0 aromatic carbocycles. The largest absolute Gasteiger partial charge is 0.0993 e. The van der Waals surface area contributed by atoms with Crippen LogP contribution in [0.5, 0.6) is 0 Å². The quantitative estimate of drug-likeness (QED) is 0.415. The van der Waals surface area contributed by atoms with Crippen LogP contribution in [0.1, 0.15) is 92.4 Å². The summed E-state index contributed by atoms with van der Waals surface area (Å²) in [5.74, 6) is 2.56. The van der Waals surface area contributed by atoms with Gasteiger partial charge in [0.1, 0.15) is 0 Å². The van der Waals surface area contributed by atoms with Crippen LogP contribution in [-0.2, 0) is 0 Å². The molecule has 1 atom stereocenters. The van der Waals surface area contributed by atoms with Crippen LogP contribution in [0, 0.1) is 17.8 Å². The minimum atomic E-state index is 0.814. The Kier molecular flexibility index (Phi) is 11.4. The van der Waals surface area contributed by atoms with E-state index in [9.17, 15) is 0 Å². The zero-order valence-electron chi connectivity index (χ0n) is 14.3. The molecule has 1 saturated carbocycles. The second-order valence-electron chi connectivity index (χ2n) is 6.63. The van der Waals surface area contributed by atoms with Crippen molar-refractivity contribution in [3.8, 4) is 0 Å². The van der Waals surface area contributed by atoms with E-state index in [1.165, 1.54) is 57.8 Å². The minimum absolute atomic E-state index is 0.814. The lowest BCUT2D eigenvalue weighted by atomic mass is 9.73. The zero-order valence-corrected chi connectivity index (χ0v) is 14.3. The Balaban J connectivity index is 0.000000711. The summed E-state index contributed by atoms with van der Waals surface area (Å²) in [5, 5.41) is 0. The molecule has 0 bridgehead atoms. The molecule has 0 aromatic heterocycles. The first-order valence-corrected chi connectivity index (χ1v) is 8.75. The second-order valence-corrected chi connectivity index (χ2v) is 6.63. The van der Waals surface area contributed by atoms with Crippen molar-refractivity contribution in [3.05, 3.63) is 12.2 Å². The van der Waals surface area contributed by atoms with E-state index in [0.717, 1.165) is 17.8 Å². The van der Waals surface area contributed by atoms with Gasteiger partial charge in [-0.1, -0.05) is 78.9 Å². The minimum Gasteiger partial charge on any atom is -0.0993 e. The third-order valence-electron chi connectivity index (χ3n) is 4.48. The highest BCUT2D eigenvalue weighted by atomic mass is 14.3. The van der Waals surface area contributed by atoms with E-state index in [-0.39, 0.29) is 0 Å². The Morgan fingerprint density at radius 3 is 1.95 bits per heavy atom. The molecule has 0 aliphatic heterocycles. The van der Waals surface area contributed by atoms with Gasteiger partial charge in [-0.3, -0.25) is 0 Å². The Labute approximate surface area is 123 Å². The molecule has 0 saturated heterocycles.